The normalized spacial score (nSPS) is 10.3. The number of rotatable bonds is 6. The van der Waals surface area contributed by atoms with E-state index < -0.39 is 17.5 Å². The van der Waals surface area contributed by atoms with E-state index in [1.807, 2.05) is 19.0 Å². The van der Waals surface area contributed by atoms with Crippen LogP contribution in [0.1, 0.15) is 33.3 Å². The number of aromatic amines is 1. The summed E-state index contributed by atoms with van der Waals surface area (Å²) in [5.41, 5.74) is -0.212. The maximum absolute atomic E-state index is 11.6. The molecule has 0 atom stereocenters. The third kappa shape index (κ3) is 6.65. The van der Waals surface area contributed by atoms with Crippen LogP contribution in [0.3, 0.4) is 0 Å². The van der Waals surface area contributed by atoms with E-state index in [0.29, 0.717) is 12.1 Å². The first-order valence-corrected chi connectivity index (χ1v) is 7.42. The Labute approximate surface area is 146 Å². The highest BCUT2D eigenvalue weighted by Gasteiger charge is 2.18. The van der Waals surface area contributed by atoms with Crippen molar-refractivity contribution >= 4 is 11.9 Å². The summed E-state index contributed by atoms with van der Waals surface area (Å²) in [7, 11) is 9.37. The lowest BCUT2D eigenvalue weighted by Crippen LogP contribution is -2.30. The van der Waals surface area contributed by atoms with Gasteiger partial charge in [-0.2, -0.15) is 0 Å². The van der Waals surface area contributed by atoms with Crippen LogP contribution in [0.4, 0.5) is 0 Å². The fourth-order valence-electron chi connectivity index (χ4n) is 1.92. The monoisotopic (exact) mass is 358 g/mol. The largest absolute Gasteiger partial charge is 0.465 e. The maximum Gasteiger partial charge on any atom is 0.343 e. The van der Waals surface area contributed by atoms with Crippen molar-refractivity contribution in [3.63, 3.8) is 0 Å². The number of methoxy groups -OCH3 is 4. The number of ether oxygens (including phenoxy) is 4. The molecule has 0 aliphatic carbocycles. The Morgan fingerprint density at radius 1 is 1.04 bits per heavy atom. The van der Waals surface area contributed by atoms with E-state index in [1.54, 1.807) is 21.1 Å². The molecule has 1 aromatic heterocycles. The highest BCUT2D eigenvalue weighted by molar-refractivity contribution is 5.95. The second kappa shape index (κ2) is 11.3. The van der Waals surface area contributed by atoms with E-state index in [0.717, 1.165) is 7.11 Å². The molecular formula is C16H26N2O7. The first-order chi connectivity index (χ1) is 11.8. The molecule has 1 heterocycles. The maximum atomic E-state index is 11.6. The van der Waals surface area contributed by atoms with Crippen molar-refractivity contribution in [3.8, 4) is 0 Å². The SMILES string of the molecule is CCc1[nH]c(=O)c(C(=O)OC)cc1C(=O)OC.COC(OC)N(C)C. The molecular weight excluding hydrogens is 332 g/mol. The highest BCUT2D eigenvalue weighted by atomic mass is 16.7. The molecule has 25 heavy (non-hydrogen) atoms. The summed E-state index contributed by atoms with van der Waals surface area (Å²) >= 11 is 0. The number of aromatic nitrogens is 1. The number of hydrogen-bond donors (Lipinski definition) is 1. The number of esters is 2. The summed E-state index contributed by atoms with van der Waals surface area (Å²) in [6.45, 7) is 1.77. The van der Waals surface area contributed by atoms with Gasteiger partial charge >= 0.3 is 11.9 Å². The predicted octanol–water partition coefficient (Wildman–Crippen LogP) is 0.635. The number of nitrogens with one attached hydrogen (secondary N) is 1. The van der Waals surface area contributed by atoms with E-state index in [4.69, 9.17) is 9.47 Å². The average Bonchev–Trinajstić information content (AvgIpc) is 2.61. The minimum Gasteiger partial charge on any atom is -0.465 e. The molecule has 0 saturated heterocycles. The molecule has 1 rings (SSSR count). The number of pyridine rings is 1. The van der Waals surface area contributed by atoms with Crippen LogP contribution in [-0.4, -0.2) is 70.8 Å². The van der Waals surface area contributed by atoms with Gasteiger partial charge in [0.25, 0.3) is 5.56 Å². The first kappa shape index (κ1) is 22.8. The predicted molar refractivity (Wildman–Crippen MR) is 90.6 cm³/mol. The first-order valence-electron chi connectivity index (χ1n) is 7.42. The molecule has 0 unspecified atom stereocenters. The smallest absolute Gasteiger partial charge is 0.343 e. The van der Waals surface area contributed by atoms with Gasteiger partial charge in [0, 0.05) is 19.9 Å². The Kier molecular flexibility index (Phi) is 10.3. The van der Waals surface area contributed by atoms with Gasteiger partial charge in [0.1, 0.15) is 5.56 Å². The van der Waals surface area contributed by atoms with Crippen LogP contribution >= 0.6 is 0 Å². The lowest BCUT2D eigenvalue weighted by atomic mass is 10.1. The van der Waals surface area contributed by atoms with Crippen molar-refractivity contribution in [2.45, 2.75) is 19.8 Å². The second-order valence-electron chi connectivity index (χ2n) is 4.98. The fourth-order valence-corrected chi connectivity index (χ4v) is 1.92. The molecule has 0 saturated carbocycles. The van der Waals surface area contributed by atoms with Crippen LogP contribution in [0.15, 0.2) is 10.9 Å². The molecule has 0 aliphatic rings. The Morgan fingerprint density at radius 3 is 1.84 bits per heavy atom. The van der Waals surface area contributed by atoms with Gasteiger partial charge in [0.05, 0.1) is 19.8 Å². The van der Waals surface area contributed by atoms with Crippen LogP contribution in [0.2, 0.25) is 0 Å². The van der Waals surface area contributed by atoms with Gasteiger partial charge < -0.3 is 23.9 Å². The van der Waals surface area contributed by atoms with Gasteiger partial charge in [-0.05, 0) is 26.6 Å². The van der Waals surface area contributed by atoms with Gasteiger partial charge in [0.2, 0.25) is 6.41 Å². The molecule has 0 amide bonds. The highest BCUT2D eigenvalue weighted by Crippen LogP contribution is 2.09. The Balaban J connectivity index is 0.000000609. The van der Waals surface area contributed by atoms with E-state index in [1.165, 1.54) is 13.2 Å². The molecule has 0 radical (unpaired) electrons. The Hall–Kier alpha value is -2.23. The van der Waals surface area contributed by atoms with Crippen molar-refractivity contribution in [3.05, 3.63) is 33.2 Å². The van der Waals surface area contributed by atoms with Gasteiger partial charge in [-0.1, -0.05) is 6.92 Å². The van der Waals surface area contributed by atoms with E-state index >= 15 is 0 Å². The molecule has 9 nitrogen and oxygen atoms in total. The number of H-pyrrole nitrogens is 1. The molecule has 0 aliphatic heterocycles. The summed E-state index contributed by atoms with van der Waals surface area (Å²) < 4.78 is 18.8. The lowest BCUT2D eigenvalue weighted by Gasteiger charge is -2.19. The van der Waals surface area contributed by atoms with E-state index in [-0.39, 0.29) is 17.5 Å². The average molecular weight is 358 g/mol. The van der Waals surface area contributed by atoms with E-state index in [2.05, 4.69) is 14.5 Å². The summed E-state index contributed by atoms with van der Waals surface area (Å²) in [5, 5.41) is 0. The summed E-state index contributed by atoms with van der Waals surface area (Å²) in [5.74, 6) is -1.40. The summed E-state index contributed by atoms with van der Waals surface area (Å²) in [4.78, 5) is 38.6. The zero-order valence-electron chi connectivity index (χ0n) is 15.7. The molecule has 0 bridgehead atoms. The zero-order valence-corrected chi connectivity index (χ0v) is 15.7. The van der Waals surface area contributed by atoms with E-state index in [9.17, 15) is 14.4 Å². The molecule has 9 heteroatoms. The van der Waals surface area contributed by atoms with Gasteiger partial charge in [-0.3, -0.25) is 9.69 Å². The van der Waals surface area contributed by atoms with Crippen LogP contribution in [0, 0.1) is 0 Å². The van der Waals surface area contributed by atoms with Crippen LogP contribution in [-0.2, 0) is 25.4 Å². The van der Waals surface area contributed by atoms with Crippen LogP contribution in [0.5, 0.6) is 0 Å². The Bertz CT molecular complexity index is 621. The molecule has 142 valence electrons. The summed E-state index contributed by atoms with van der Waals surface area (Å²) in [6, 6.07) is 1.19. The molecule has 0 aromatic carbocycles. The number of nitrogens with zero attached hydrogens (tertiary/aromatic N) is 1. The molecule has 0 fully saturated rings. The van der Waals surface area contributed by atoms with Crippen molar-refractivity contribution < 1.29 is 28.5 Å². The summed E-state index contributed by atoms with van der Waals surface area (Å²) in [6.07, 6.45) is 0.233. The van der Waals surface area contributed by atoms with Gasteiger partial charge in [-0.25, -0.2) is 9.59 Å². The molecule has 1 aromatic rings. The molecule has 0 spiro atoms. The van der Waals surface area contributed by atoms with Crippen LogP contribution in [0.25, 0.3) is 0 Å². The third-order valence-corrected chi connectivity index (χ3v) is 3.11. The van der Waals surface area contributed by atoms with Crippen LogP contribution < -0.4 is 5.56 Å². The second-order valence-corrected chi connectivity index (χ2v) is 4.98. The van der Waals surface area contributed by atoms with Crippen molar-refractivity contribution in [1.82, 2.24) is 9.88 Å². The van der Waals surface area contributed by atoms with Crippen molar-refractivity contribution in [2.24, 2.45) is 0 Å². The topological polar surface area (TPSA) is 107 Å². The van der Waals surface area contributed by atoms with Crippen molar-refractivity contribution in [2.75, 3.05) is 42.5 Å². The number of carbonyl (C=O) groups is 2. The minimum absolute atomic E-state index is 0.162. The number of aryl methyl sites for hydroxylation is 1. The fraction of sp³-hybridized carbons (Fsp3) is 0.562. The number of carbonyl (C=O) groups excluding carboxylic acids is 2. The quantitative estimate of drug-likeness (QED) is 0.583. The lowest BCUT2D eigenvalue weighted by molar-refractivity contribution is -0.179. The Morgan fingerprint density at radius 2 is 1.52 bits per heavy atom. The third-order valence-electron chi connectivity index (χ3n) is 3.11. The molecule has 1 N–H and O–H groups in total. The zero-order chi connectivity index (χ0) is 19.6. The number of hydrogen-bond acceptors (Lipinski definition) is 8. The van der Waals surface area contributed by atoms with Gasteiger partial charge in [0.15, 0.2) is 0 Å². The minimum atomic E-state index is -0.793. The van der Waals surface area contributed by atoms with Gasteiger partial charge in [-0.15, -0.1) is 0 Å². The standard InChI is InChI=1S/C11H13NO5.C5H13NO2/c1-4-8-6(10(14)16-2)5-7(9(13)12-8)11(15)17-3;1-6(2)5(7-3)8-4/h5H,4H2,1-3H3,(H,12,13);5H,1-4H3. The van der Waals surface area contributed by atoms with Crippen molar-refractivity contribution in [1.29, 1.82) is 0 Å².